The molecule has 0 aliphatic heterocycles. The van der Waals surface area contributed by atoms with Gasteiger partial charge in [0.15, 0.2) is 0 Å². The summed E-state index contributed by atoms with van der Waals surface area (Å²) in [5.74, 6) is 2.06. The zero-order valence-electron chi connectivity index (χ0n) is 15.3. The van der Waals surface area contributed by atoms with Crippen molar-refractivity contribution in [3.63, 3.8) is 0 Å². The first-order valence-electron chi connectivity index (χ1n) is 10.2. The molecule has 1 heteroatoms. The lowest BCUT2D eigenvalue weighted by Crippen LogP contribution is -2.37. The molecule has 1 saturated carbocycles. The maximum atomic E-state index is 12.0. The van der Waals surface area contributed by atoms with Crippen LogP contribution in [0.4, 0.5) is 0 Å². The Morgan fingerprint density at radius 2 is 1.84 bits per heavy atom. The Bertz CT molecular complexity index is 782. The highest BCUT2D eigenvalue weighted by molar-refractivity contribution is 5.85. The molecule has 4 aliphatic rings. The topological polar surface area (TPSA) is 17.1 Å². The molecule has 1 aromatic rings. The number of fused-ring (bicyclic) bond motifs is 4. The Kier molecular flexibility index (Phi) is 3.55. The van der Waals surface area contributed by atoms with Crippen LogP contribution < -0.4 is 0 Å². The lowest BCUT2D eigenvalue weighted by atomic mass is 9.56. The number of hydrogen-bond donors (Lipinski definition) is 0. The number of Topliss-reactive ketones (excluding diaryl/α,β-unsaturated/α-hetero) is 1. The van der Waals surface area contributed by atoms with Crippen molar-refractivity contribution in [1.82, 2.24) is 0 Å². The molecular weight excluding hydrogens is 304 g/mol. The van der Waals surface area contributed by atoms with E-state index in [-0.39, 0.29) is 0 Å². The van der Waals surface area contributed by atoms with Crippen molar-refractivity contribution in [3.8, 4) is 0 Å². The number of carbonyl (C=O) groups excluding carboxylic acids is 1. The van der Waals surface area contributed by atoms with E-state index < -0.39 is 0 Å². The molecule has 4 aliphatic carbocycles. The highest BCUT2D eigenvalue weighted by Gasteiger charge is 2.50. The molecule has 3 atom stereocenters. The SMILES string of the molecule is C[C@@]12CCCC1C1CCC3=C(CCC(=O)C3)C1=C(c1ccccc1)C2. The first-order chi connectivity index (χ1) is 12.2. The molecule has 0 amide bonds. The third-order valence-electron chi connectivity index (χ3n) is 7.62. The van der Waals surface area contributed by atoms with E-state index in [0.717, 1.165) is 31.1 Å². The molecule has 0 spiro atoms. The summed E-state index contributed by atoms with van der Waals surface area (Å²) in [4.78, 5) is 12.0. The molecule has 5 rings (SSSR count). The Morgan fingerprint density at radius 1 is 1.00 bits per heavy atom. The second-order valence-corrected chi connectivity index (χ2v) is 9.03. The Hall–Kier alpha value is -1.63. The minimum atomic E-state index is 0.459. The normalized spacial score (nSPS) is 34.7. The highest BCUT2D eigenvalue weighted by atomic mass is 16.1. The van der Waals surface area contributed by atoms with Crippen molar-refractivity contribution in [2.45, 2.75) is 64.7 Å². The summed E-state index contributed by atoms with van der Waals surface area (Å²) in [6.07, 6.45) is 10.4. The molecule has 0 N–H and O–H groups in total. The predicted octanol–water partition coefficient (Wildman–Crippen LogP) is 6.11. The van der Waals surface area contributed by atoms with Crippen molar-refractivity contribution >= 4 is 11.4 Å². The number of carbonyl (C=O) groups is 1. The minimum absolute atomic E-state index is 0.459. The van der Waals surface area contributed by atoms with Crippen LogP contribution >= 0.6 is 0 Å². The summed E-state index contributed by atoms with van der Waals surface area (Å²) in [5, 5.41) is 0. The van der Waals surface area contributed by atoms with Gasteiger partial charge in [0.1, 0.15) is 5.78 Å². The summed E-state index contributed by atoms with van der Waals surface area (Å²) >= 11 is 0. The fourth-order valence-corrected chi connectivity index (χ4v) is 6.51. The van der Waals surface area contributed by atoms with Crippen molar-refractivity contribution in [2.75, 3.05) is 0 Å². The quantitative estimate of drug-likeness (QED) is 0.606. The molecule has 0 aromatic heterocycles. The van der Waals surface area contributed by atoms with Crippen molar-refractivity contribution in [2.24, 2.45) is 17.3 Å². The second-order valence-electron chi connectivity index (χ2n) is 9.03. The monoisotopic (exact) mass is 332 g/mol. The van der Waals surface area contributed by atoms with E-state index in [9.17, 15) is 4.79 Å². The molecule has 0 radical (unpaired) electrons. The van der Waals surface area contributed by atoms with E-state index in [0.29, 0.717) is 11.2 Å². The summed E-state index contributed by atoms with van der Waals surface area (Å²) in [7, 11) is 0. The summed E-state index contributed by atoms with van der Waals surface area (Å²) < 4.78 is 0. The largest absolute Gasteiger partial charge is 0.299 e. The van der Waals surface area contributed by atoms with Crippen LogP contribution in [0.2, 0.25) is 0 Å². The number of rotatable bonds is 1. The zero-order valence-corrected chi connectivity index (χ0v) is 15.3. The van der Waals surface area contributed by atoms with Crippen molar-refractivity contribution < 1.29 is 4.79 Å². The predicted molar refractivity (Wildman–Crippen MR) is 102 cm³/mol. The number of hydrogen-bond acceptors (Lipinski definition) is 1. The maximum Gasteiger partial charge on any atom is 0.137 e. The van der Waals surface area contributed by atoms with Gasteiger partial charge in [0.2, 0.25) is 0 Å². The van der Waals surface area contributed by atoms with Gasteiger partial charge in [-0.05, 0) is 78.1 Å². The Balaban J connectivity index is 1.71. The molecule has 1 nitrogen and oxygen atoms in total. The molecule has 0 bridgehead atoms. The van der Waals surface area contributed by atoms with Crippen LogP contribution in [-0.4, -0.2) is 5.78 Å². The van der Waals surface area contributed by atoms with E-state index >= 15 is 0 Å². The van der Waals surface area contributed by atoms with E-state index in [1.807, 2.05) is 0 Å². The van der Waals surface area contributed by atoms with Crippen LogP contribution in [0.3, 0.4) is 0 Å². The van der Waals surface area contributed by atoms with Gasteiger partial charge in [0.25, 0.3) is 0 Å². The van der Waals surface area contributed by atoms with Gasteiger partial charge in [-0.2, -0.15) is 0 Å². The van der Waals surface area contributed by atoms with Gasteiger partial charge in [-0.3, -0.25) is 4.79 Å². The highest BCUT2D eigenvalue weighted by Crippen LogP contribution is 2.62. The van der Waals surface area contributed by atoms with Crippen LogP contribution in [0.25, 0.3) is 5.57 Å². The molecule has 130 valence electrons. The lowest BCUT2D eigenvalue weighted by molar-refractivity contribution is -0.118. The molecule has 1 fully saturated rings. The molecule has 1 aromatic carbocycles. The average Bonchev–Trinajstić information content (AvgIpc) is 3.03. The molecule has 2 unspecified atom stereocenters. The first-order valence-corrected chi connectivity index (χ1v) is 10.2. The van der Waals surface area contributed by atoms with Crippen LogP contribution in [0.15, 0.2) is 47.1 Å². The van der Waals surface area contributed by atoms with Crippen molar-refractivity contribution in [1.29, 1.82) is 0 Å². The standard InChI is InChI=1S/C24H28O/c1-24-13-5-8-22(24)20-11-9-17-14-18(25)10-12-19(17)23(20)21(15-24)16-6-3-2-4-7-16/h2-4,6-7,20,22H,5,8-15H2,1H3/t20?,22?,24-/m0/s1. The summed E-state index contributed by atoms with van der Waals surface area (Å²) in [6.45, 7) is 2.55. The van der Waals surface area contributed by atoms with Crippen LogP contribution in [-0.2, 0) is 4.79 Å². The van der Waals surface area contributed by atoms with Crippen LogP contribution in [0, 0.1) is 17.3 Å². The average molecular weight is 332 g/mol. The van der Waals surface area contributed by atoms with Crippen molar-refractivity contribution in [3.05, 3.63) is 52.6 Å². The van der Waals surface area contributed by atoms with Gasteiger partial charge in [-0.15, -0.1) is 0 Å². The van der Waals surface area contributed by atoms with E-state index in [2.05, 4.69) is 37.3 Å². The zero-order chi connectivity index (χ0) is 17.0. The van der Waals surface area contributed by atoms with Gasteiger partial charge in [-0.25, -0.2) is 0 Å². The van der Waals surface area contributed by atoms with Gasteiger partial charge in [-0.1, -0.05) is 49.2 Å². The van der Waals surface area contributed by atoms with Crippen LogP contribution in [0.5, 0.6) is 0 Å². The fraction of sp³-hybridized carbons (Fsp3) is 0.542. The van der Waals surface area contributed by atoms with Crippen LogP contribution in [0.1, 0.15) is 70.3 Å². The number of benzene rings is 1. The lowest BCUT2D eigenvalue weighted by Gasteiger charge is -2.48. The van der Waals surface area contributed by atoms with Gasteiger partial charge < -0.3 is 0 Å². The van der Waals surface area contributed by atoms with Gasteiger partial charge in [0.05, 0.1) is 0 Å². The smallest absolute Gasteiger partial charge is 0.137 e. The minimum Gasteiger partial charge on any atom is -0.299 e. The maximum absolute atomic E-state index is 12.0. The second kappa shape index (κ2) is 5.69. The number of allylic oxidation sites excluding steroid dienone is 4. The Morgan fingerprint density at radius 3 is 2.68 bits per heavy atom. The Labute approximate surface area is 151 Å². The summed E-state index contributed by atoms with van der Waals surface area (Å²) in [5.41, 5.74) is 8.31. The van der Waals surface area contributed by atoms with E-state index in [1.54, 1.807) is 16.7 Å². The summed E-state index contributed by atoms with van der Waals surface area (Å²) in [6, 6.07) is 11.1. The van der Waals surface area contributed by atoms with Gasteiger partial charge in [0, 0.05) is 12.8 Å². The van der Waals surface area contributed by atoms with E-state index in [1.165, 1.54) is 49.7 Å². The molecule has 0 heterocycles. The molecule has 25 heavy (non-hydrogen) atoms. The van der Waals surface area contributed by atoms with E-state index in [4.69, 9.17) is 0 Å². The third-order valence-corrected chi connectivity index (χ3v) is 7.62. The first kappa shape index (κ1) is 15.6. The molecule has 0 saturated heterocycles. The molecular formula is C24H28O. The third kappa shape index (κ3) is 2.39. The van der Waals surface area contributed by atoms with Gasteiger partial charge >= 0.3 is 0 Å². The fourth-order valence-electron chi connectivity index (χ4n) is 6.51. The number of ketones is 1.